The van der Waals surface area contributed by atoms with Crippen LogP contribution in [0, 0.1) is 5.92 Å². The molecule has 3 heteroatoms. The van der Waals surface area contributed by atoms with Gasteiger partial charge in [0.2, 0.25) is 0 Å². The number of aliphatic hydroxyl groups is 1. The van der Waals surface area contributed by atoms with Gasteiger partial charge in [-0.2, -0.15) is 0 Å². The van der Waals surface area contributed by atoms with E-state index in [-0.39, 0.29) is 0 Å². The van der Waals surface area contributed by atoms with Gasteiger partial charge in [0, 0.05) is 32.8 Å². The first-order valence-corrected chi connectivity index (χ1v) is 7.28. The van der Waals surface area contributed by atoms with Crippen LogP contribution in [-0.2, 0) is 0 Å². The summed E-state index contributed by atoms with van der Waals surface area (Å²) in [5.41, 5.74) is 0. The van der Waals surface area contributed by atoms with E-state index >= 15 is 0 Å². The van der Waals surface area contributed by atoms with E-state index in [1.54, 1.807) is 0 Å². The summed E-state index contributed by atoms with van der Waals surface area (Å²) >= 11 is 0. The molecule has 0 aromatic rings. The van der Waals surface area contributed by atoms with Crippen LogP contribution in [-0.4, -0.2) is 61.3 Å². The molecule has 1 fully saturated rings. The van der Waals surface area contributed by atoms with Crippen LogP contribution in [0.15, 0.2) is 0 Å². The third kappa shape index (κ3) is 6.39. The maximum absolute atomic E-state index is 9.22. The lowest BCUT2D eigenvalue weighted by Gasteiger charge is -2.32. The van der Waals surface area contributed by atoms with Crippen LogP contribution in [0.2, 0.25) is 0 Å². The van der Waals surface area contributed by atoms with Gasteiger partial charge in [0.05, 0.1) is 0 Å². The zero-order valence-electron chi connectivity index (χ0n) is 11.7. The highest BCUT2D eigenvalue weighted by Crippen LogP contribution is 2.14. The summed E-state index contributed by atoms with van der Waals surface area (Å²) in [7, 11) is 2.20. The zero-order valence-corrected chi connectivity index (χ0v) is 11.7. The van der Waals surface area contributed by atoms with Crippen molar-refractivity contribution in [2.45, 2.75) is 39.0 Å². The van der Waals surface area contributed by atoms with E-state index in [1.807, 2.05) is 0 Å². The van der Waals surface area contributed by atoms with Gasteiger partial charge < -0.3 is 14.9 Å². The molecule has 0 aromatic carbocycles. The molecule has 0 bridgehead atoms. The average molecular weight is 242 g/mol. The van der Waals surface area contributed by atoms with Gasteiger partial charge in [0.25, 0.3) is 0 Å². The van der Waals surface area contributed by atoms with Crippen LogP contribution < -0.4 is 0 Å². The number of unbranched alkanes of at least 4 members (excludes halogenated alkanes) is 1. The molecule has 0 unspecified atom stereocenters. The Hall–Kier alpha value is -0.120. The second kappa shape index (κ2) is 8.90. The quantitative estimate of drug-likeness (QED) is 0.658. The highest BCUT2D eigenvalue weighted by molar-refractivity contribution is 4.69. The van der Waals surface area contributed by atoms with Crippen molar-refractivity contribution < 1.29 is 5.11 Å². The number of piperazine rings is 1. The number of aliphatic hydroxyl groups excluding tert-OH is 1. The topological polar surface area (TPSA) is 26.7 Å². The minimum atomic E-state index is 0.377. The highest BCUT2D eigenvalue weighted by atomic mass is 16.3. The fourth-order valence-corrected chi connectivity index (χ4v) is 2.58. The monoisotopic (exact) mass is 242 g/mol. The second-order valence-corrected chi connectivity index (χ2v) is 5.48. The van der Waals surface area contributed by atoms with Crippen molar-refractivity contribution in [2.75, 3.05) is 46.4 Å². The summed E-state index contributed by atoms with van der Waals surface area (Å²) in [4.78, 5) is 4.98. The lowest BCUT2D eigenvalue weighted by molar-refractivity contribution is 0.149. The highest BCUT2D eigenvalue weighted by Gasteiger charge is 2.13. The van der Waals surface area contributed by atoms with E-state index in [1.165, 1.54) is 64.8 Å². The predicted molar refractivity (Wildman–Crippen MR) is 73.3 cm³/mol. The van der Waals surface area contributed by atoms with Gasteiger partial charge in [-0.3, -0.25) is 0 Å². The summed E-state index contributed by atoms with van der Waals surface area (Å²) < 4.78 is 0. The van der Waals surface area contributed by atoms with Crippen molar-refractivity contribution >= 4 is 0 Å². The van der Waals surface area contributed by atoms with Gasteiger partial charge in [-0.05, 0) is 38.8 Å². The fraction of sp³-hybridized carbons (Fsp3) is 1.00. The molecule has 0 spiro atoms. The first kappa shape index (κ1) is 14.9. The van der Waals surface area contributed by atoms with E-state index < -0.39 is 0 Å². The summed E-state index contributed by atoms with van der Waals surface area (Å²) in [6, 6.07) is 0. The Morgan fingerprint density at radius 1 is 1.06 bits per heavy atom. The standard InChI is InChI=1S/C14H30N2O/c1-3-6-14(13-17)7-4-5-8-16-11-9-15(2)10-12-16/h14,17H,3-13H2,1-2H3/t14-/m0/s1. The van der Waals surface area contributed by atoms with E-state index in [0.717, 1.165) is 0 Å². The number of rotatable bonds is 8. The Bertz CT molecular complexity index is 179. The van der Waals surface area contributed by atoms with E-state index in [9.17, 15) is 5.11 Å². The lowest BCUT2D eigenvalue weighted by atomic mass is 9.98. The Morgan fingerprint density at radius 3 is 2.35 bits per heavy atom. The SMILES string of the molecule is CCC[C@H](CO)CCCCN1CCN(C)CC1. The van der Waals surface area contributed by atoms with E-state index in [0.29, 0.717) is 12.5 Å². The fourth-order valence-electron chi connectivity index (χ4n) is 2.58. The molecule has 1 N–H and O–H groups in total. The molecule has 0 aromatic heterocycles. The summed E-state index contributed by atoms with van der Waals surface area (Å²) in [5.74, 6) is 0.549. The van der Waals surface area contributed by atoms with Gasteiger partial charge in [-0.25, -0.2) is 0 Å². The number of hydrogen-bond acceptors (Lipinski definition) is 3. The van der Waals surface area contributed by atoms with Crippen LogP contribution in [0.3, 0.4) is 0 Å². The average Bonchev–Trinajstić information content (AvgIpc) is 2.35. The molecule has 1 rings (SSSR count). The van der Waals surface area contributed by atoms with Crippen molar-refractivity contribution in [3.05, 3.63) is 0 Å². The molecule has 102 valence electrons. The first-order chi connectivity index (χ1) is 8.26. The Balaban J connectivity index is 1.99. The Labute approximate surface area is 107 Å². The lowest BCUT2D eigenvalue weighted by Crippen LogP contribution is -2.44. The maximum atomic E-state index is 9.22. The van der Waals surface area contributed by atoms with Gasteiger partial charge in [0.1, 0.15) is 0 Å². The van der Waals surface area contributed by atoms with E-state index in [2.05, 4.69) is 23.8 Å². The van der Waals surface area contributed by atoms with Crippen molar-refractivity contribution in [3.8, 4) is 0 Å². The molecule has 0 amide bonds. The smallest absolute Gasteiger partial charge is 0.0459 e. The summed E-state index contributed by atoms with van der Waals surface area (Å²) in [6.45, 7) is 8.72. The van der Waals surface area contributed by atoms with Gasteiger partial charge in [-0.15, -0.1) is 0 Å². The molecule has 1 saturated heterocycles. The molecule has 1 aliphatic heterocycles. The van der Waals surface area contributed by atoms with Crippen LogP contribution >= 0.6 is 0 Å². The number of hydrogen-bond donors (Lipinski definition) is 1. The minimum Gasteiger partial charge on any atom is -0.396 e. The van der Waals surface area contributed by atoms with Gasteiger partial charge in [-0.1, -0.05) is 19.8 Å². The molecule has 0 radical (unpaired) electrons. The zero-order chi connectivity index (χ0) is 12.5. The van der Waals surface area contributed by atoms with Crippen molar-refractivity contribution in [3.63, 3.8) is 0 Å². The molecule has 1 aliphatic rings. The molecule has 3 nitrogen and oxygen atoms in total. The van der Waals surface area contributed by atoms with Crippen molar-refractivity contribution in [1.82, 2.24) is 9.80 Å². The van der Waals surface area contributed by atoms with Crippen LogP contribution in [0.5, 0.6) is 0 Å². The maximum Gasteiger partial charge on any atom is 0.0459 e. The van der Waals surface area contributed by atoms with Crippen molar-refractivity contribution in [2.24, 2.45) is 5.92 Å². The second-order valence-electron chi connectivity index (χ2n) is 5.48. The number of nitrogens with zero attached hydrogens (tertiary/aromatic N) is 2. The number of likely N-dealkylation sites (N-methyl/N-ethyl adjacent to an activating group) is 1. The third-order valence-corrected chi connectivity index (χ3v) is 3.89. The van der Waals surface area contributed by atoms with Crippen LogP contribution in [0.4, 0.5) is 0 Å². The van der Waals surface area contributed by atoms with Gasteiger partial charge in [0.15, 0.2) is 0 Å². The Kier molecular flexibility index (Phi) is 7.82. The molecular weight excluding hydrogens is 212 g/mol. The van der Waals surface area contributed by atoms with Crippen LogP contribution in [0.25, 0.3) is 0 Å². The molecule has 0 saturated carbocycles. The molecule has 1 atom stereocenters. The largest absolute Gasteiger partial charge is 0.396 e. The Morgan fingerprint density at radius 2 is 1.76 bits per heavy atom. The molecule has 17 heavy (non-hydrogen) atoms. The van der Waals surface area contributed by atoms with Crippen molar-refractivity contribution in [1.29, 1.82) is 0 Å². The predicted octanol–water partition coefficient (Wildman–Crippen LogP) is 1.81. The molecule has 1 heterocycles. The van der Waals surface area contributed by atoms with E-state index in [4.69, 9.17) is 0 Å². The van der Waals surface area contributed by atoms with Crippen LogP contribution in [0.1, 0.15) is 39.0 Å². The summed E-state index contributed by atoms with van der Waals surface area (Å²) in [6.07, 6.45) is 6.16. The summed E-state index contributed by atoms with van der Waals surface area (Å²) in [5, 5.41) is 9.22. The minimum absolute atomic E-state index is 0.377. The molecule has 0 aliphatic carbocycles. The third-order valence-electron chi connectivity index (χ3n) is 3.89. The normalized spacial score (nSPS) is 20.6. The van der Waals surface area contributed by atoms with Gasteiger partial charge >= 0.3 is 0 Å². The molecular formula is C14H30N2O. The first-order valence-electron chi connectivity index (χ1n) is 7.28.